The Morgan fingerprint density at radius 2 is 2.17 bits per heavy atom. The summed E-state index contributed by atoms with van der Waals surface area (Å²) in [5.74, 6) is 0.710. The molecule has 1 aromatic heterocycles. The molecule has 68 valence electrons. The molecule has 0 aromatic carbocycles. The van der Waals surface area contributed by atoms with E-state index in [2.05, 4.69) is 41.6 Å². The molecular weight excluding hydrogens is 154 g/mol. The Kier molecular flexibility index (Phi) is 2.30. The monoisotopic (exact) mass is 169 g/mol. The average molecular weight is 169 g/mol. The van der Waals surface area contributed by atoms with Crippen molar-refractivity contribution in [2.75, 3.05) is 5.32 Å². The largest absolute Gasteiger partial charge is 0.348 e. The molecule has 0 bridgehead atoms. The first-order valence-corrected chi connectivity index (χ1v) is 4.06. The van der Waals surface area contributed by atoms with Gasteiger partial charge in [0.2, 0.25) is 5.95 Å². The summed E-state index contributed by atoms with van der Waals surface area (Å²) in [6, 6.07) is 0. The van der Waals surface area contributed by atoms with Crippen molar-refractivity contribution in [3.63, 3.8) is 0 Å². The Hall–Kier alpha value is -1.13. The number of anilines is 1. The maximum absolute atomic E-state index is 3.84. The lowest BCUT2D eigenvalue weighted by atomic mass is 10.0. The second-order valence-corrected chi connectivity index (χ2v) is 3.49. The van der Waals surface area contributed by atoms with Gasteiger partial charge in [-0.05, 0) is 30.7 Å². The van der Waals surface area contributed by atoms with Crippen LogP contribution in [0.1, 0.15) is 27.2 Å². The second-order valence-electron chi connectivity index (χ2n) is 3.49. The van der Waals surface area contributed by atoms with Crippen molar-refractivity contribution < 1.29 is 0 Å². The highest BCUT2D eigenvalue weighted by atomic mass is 15.6. The molecular formula is C7H15N5. The smallest absolute Gasteiger partial charge is 0.243 e. The third-order valence-electron chi connectivity index (χ3n) is 1.95. The predicted octanol–water partition coefficient (Wildman–Crippen LogP) is 0.811. The molecule has 1 rings (SSSR count). The van der Waals surface area contributed by atoms with Gasteiger partial charge in [0.1, 0.15) is 0 Å². The zero-order chi connectivity index (χ0) is 9.19. The average Bonchev–Trinajstić information content (AvgIpc) is 2.36. The van der Waals surface area contributed by atoms with E-state index in [0.29, 0.717) is 5.95 Å². The van der Waals surface area contributed by atoms with Crippen LogP contribution >= 0.6 is 0 Å². The fourth-order valence-corrected chi connectivity index (χ4v) is 0.726. The van der Waals surface area contributed by atoms with Crippen LogP contribution in [0.25, 0.3) is 0 Å². The SMILES string of the molecule is CCC(C)(C)Nc1nnnn1C. The summed E-state index contributed by atoms with van der Waals surface area (Å²) in [5.41, 5.74) is 0.0441. The van der Waals surface area contributed by atoms with Crippen LogP contribution in [0, 0.1) is 0 Å². The van der Waals surface area contributed by atoms with Crippen LogP contribution in [-0.4, -0.2) is 25.7 Å². The summed E-state index contributed by atoms with van der Waals surface area (Å²) in [6.45, 7) is 6.35. The molecule has 12 heavy (non-hydrogen) atoms. The van der Waals surface area contributed by atoms with Crippen LogP contribution in [0.3, 0.4) is 0 Å². The zero-order valence-corrected chi connectivity index (χ0v) is 8.00. The van der Waals surface area contributed by atoms with E-state index in [1.165, 1.54) is 0 Å². The summed E-state index contributed by atoms with van der Waals surface area (Å²) in [5, 5.41) is 14.4. The van der Waals surface area contributed by atoms with Gasteiger partial charge in [-0.3, -0.25) is 0 Å². The molecule has 0 aliphatic heterocycles. The van der Waals surface area contributed by atoms with Crippen molar-refractivity contribution in [3.8, 4) is 0 Å². The minimum absolute atomic E-state index is 0.0441. The number of hydrogen-bond donors (Lipinski definition) is 1. The first-order chi connectivity index (χ1) is 5.55. The first-order valence-electron chi connectivity index (χ1n) is 4.06. The molecule has 0 saturated carbocycles. The molecule has 5 nitrogen and oxygen atoms in total. The number of tetrazole rings is 1. The Morgan fingerprint density at radius 1 is 1.50 bits per heavy atom. The molecule has 0 radical (unpaired) electrons. The number of aryl methyl sites for hydroxylation is 1. The lowest BCUT2D eigenvalue weighted by molar-refractivity contribution is 0.536. The minimum Gasteiger partial charge on any atom is -0.348 e. The number of rotatable bonds is 3. The summed E-state index contributed by atoms with van der Waals surface area (Å²) >= 11 is 0. The van der Waals surface area contributed by atoms with E-state index in [1.807, 2.05) is 7.05 Å². The maximum atomic E-state index is 3.84. The van der Waals surface area contributed by atoms with Crippen LogP contribution in [0.4, 0.5) is 5.95 Å². The first kappa shape index (κ1) is 8.96. The predicted molar refractivity (Wildman–Crippen MR) is 46.8 cm³/mol. The van der Waals surface area contributed by atoms with E-state index in [0.717, 1.165) is 6.42 Å². The second kappa shape index (κ2) is 3.08. The van der Waals surface area contributed by atoms with E-state index < -0.39 is 0 Å². The standard InChI is InChI=1S/C7H15N5/c1-5-7(2,3)8-6-9-10-11-12(6)4/h5H2,1-4H3,(H,8,9,11). The number of hydrogen-bond acceptors (Lipinski definition) is 4. The van der Waals surface area contributed by atoms with Crippen molar-refractivity contribution in [2.24, 2.45) is 7.05 Å². The third kappa shape index (κ3) is 1.93. The highest BCUT2D eigenvalue weighted by molar-refractivity contribution is 5.25. The molecule has 0 amide bonds. The molecule has 0 saturated heterocycles. The highest BCUT2D eigenvalue weighted by Crippen LogP contribution is 2.13. The Morgan fingerprint density at radius 3 is 2.58 bits per heavy atom. The van der Waals surface area contributed by atoms with Crippen molar-refractivity contribution in [3.05, 3.63) is 0 Å². The van der Waals surface area contributed by atoms with Crippen molar-refractivity contribution in [1.29, 1.82) is 0 Å². The van der Waals surface area contributed by atoms with Crippen molar-refractivity contribution in [2.45, 2.75) is 32.7 Å². The van der Waals surface area contributed by atoms with Gasteiger partial charge in [-0.1, -0.05) is 12.0 Å². The fraction of sp³-hybridized carbons (Fsp3) is 0.857. The van der Waals surface area contributed by atoms with Gasteiger partial charge in [0.25, 0.3) is 0 Å². The van der Waals surface area contributed by atoms with Crippen molar-refractivity contribution in [1.82, 2.24) is 20.2 Å². The van der Waals surface area contributed by atoms with Gasteiger partial charge >= 0.3 is 0 Å². The Bertz CT molecular complexity index is 252. The van der Waals surface area contributed by atoms with Crippen LogP contribution in [0.15, 0.2) is 0 Å². The van der Waals surface area contributed by atoms with Gasteiger partial charge in [0.15, 0.2) is 0 Å². The van der Waals surface area contributed by atoms with Crippen molar-refractivity contribution >= 4 is 5.95 Å². The number of nitrogens with one attached hydrogen (secondary N) is 1. The van der Waals surface area contributed by atoms with Crippen LogP contribution in [0.2, 0.25) is 0 Å². The van der Waals surface area contributed by atoms with E-state index in [4.69, 9.17) is 0 Å². The molecule has 0 aliphatic carbocycles. The van der Waals surface area contributed by atoms with E-state index in [9.17, 15) is 0 Å². The van der Waals surface area contributed by atoms with Gasteiger partial charge in [-0.15, -0.1) is 0 Å². The molecule has 1 aromatic rings. The fourth-order valence-electron chi connectivity index (χ4n) is 0.726. The summed E-state index contributed by atoms with van der Waals surface area (Å²) in [4.78, 5) is 0. The Labute approximate surface area is 72.2 Å². The minimum atomic E-state index is 0.0441. The zero-order valence-electron chi connectivity index (χ0n) is 8.00. The highest BCUT2D eigenvalue weighted by Gasteiger charge is 2.16. The van der Waals surface area contributed by atoms with Gasteiger partial charge in [0, 0.05) is 12.6 Å². The topological polar surface area (TPSA) is 55.6 Å². The Balaban J connectivity index is 2.70. The van der Waals surface area contributed by atoms with Gasteiger partial charge in [-0.25, -0.2) is 4.68 Å². The number of nitrogens with zero attached hydrogens (tertiary/aromatic N) is 4. The molecule has 0 aliphatic rings. The van der Waals surface area contributed by atoms with E-state index in [-0.39, 0.29) is 5.54 Å². The normalized spacial score (nSPS) is 11.7. The molecule has 0 spiro atoms. The van der Waals surface area contributed by atoms with Gasteiger partial charge in [-0.2, -0.15) is 0 Å². The van der Waals surface area contributed by atoms with Gasteiger partial charge in [0.05, 0.1) is 0 Å². The molecule has 0 fully saturated rings. The van der Waals surface area contributed by atoms with E-state index in [1.54, 1.807) is 4.68 Å². The summed E-state index contributed by atoms with van der Waals surface area (Å²) in [7, 11) is 1.81. The third-order valence-corrected chi connectivity index (χ3v) is 1.95. The summed E-state index contributed by atoms with van der Waals surface area (Å²) < 4.78 is 1.62. The lowest BCUT2D eigenvalue weighted by Crippen LogP contribution is -2.31. The molecule has 5 heteroatoms. The summed E-state index contributed by atoms with van der Waals surface area (Å²) in [6.07, 6.45) is 1.03. The van der Waals surface area contributed by atoms with Crippen LogP contribution in [-0.2, 0) is 7.05 Å². The van der Waals surface area contributed by atoms with E-state index >= 15 is 0 Å². The number of aromatic nitrogens is 4. The molecule has 0 atom stereocenters. The molecule has 0 unspecified atom stereocenters. The van der Waals surface area contributed by atoms with Crippen LogP contribution in [0.5, 0.6) is 0 Å². The molecule has 1 N–H and O–H groups in total. The van der Waals surface area contributed by atoms with Crippen LogP contribution < -0.4 is 5.32 Å². The maximum Gasteiger partial charge on any atom is 0.243 e. The lowest BCUT2D eigenvalue weighted by Gasteiger charge is -2.23. The van der Waals surface area contributed by atoms with Gasteiger partial charge < -0.3 is 5.32 Å². The molecule has 1 heterocycles. The quantitative estimate of drug-likeness (QED) is 0.727.